The summed E-state index contributed by atoms with van der Waals surface area (Å²) in [5, 5.41) is 0. The van der Waals surface area contributed by atoms with E-state index in [1.54, 1.807) is 18.2 Å². The minimum absolute atomic E-state index is 0.0362. The van der Waals surface area contributed by atoms with Crippen molar-refractivity contribution in [3.05, 3.63) is 36.4 Å². The van der Waals surface area contributed by atoms with Crippen LogP contribution in [0.15, 0.2) is 34.9 Å². The van der Waals surface area contributed by atoms with E-state index in [2.05, 4.69) is 9.71 Å². The van der Waals surface area contributed by atoms with Gasteiger partial charge in [-0.05, 0) is 43.5 Å². The lowest BCUT2D eigenvalue weighted by molar-refractivity contribution is -0.132. The molecule has 2 aromatic rings. The van der Waals surface area contributed by atoms with Crippen LogP contribution in [0.5, 0.6) is 5.75 Å². The molecule has 0 spiro atoms. The third-order valence-electron chi connectivity index (χ3n) is 5.15. The molecule has 0 bridgehead atoms. The maximum Gasteiger partial charge on any atom is 0.223 e. The van der Waals surface area contributed by atoms with E-state index in [0.29, 0.717) is 56.8 Å². The molecule has 164 valence electrons. The molecule has 1 fully saturated rings. The third-order valence-corrected chi connectivity index (χ3v) is 6.79. The number of carbonyl (C=O) groups excluding carboxylic acids is 1. The van der Waals surface area contributed by atoms with Gasteiger partial charge in [0.2, 0.25) is 15.9 Å². The fraction of sp³-hybridized carbons (Fsp3) is 0.524. The van der Waals surface area contributed by atoms with Gasteiger partial charge in [0.1, 0.15) is 5.75 Å². The zero-order valence-corrected chi connectivity index (χ0v) is 18.3. The Bertz CT molecular complexity index is 932. The average Bonchev–Trinajstić information content (AvgIpc) is 3.21. The SMILES string of the molecule is CCCS(=O)(=O)NC1CCN(C(=O)CCc2ncc(-c3ccc(OC)cc3)o2)CC1. The summed E-state index contributed by atoms with van der Waals surface area (Å²) in [4.78, 5) is 18.6. The van der Waals surface area contributed by atoms with Crippen LogP contribution in [0.3, 0.4) is 0 Å². The van der Waals surface area contributed by atoms with Crippen molar-refractivity contribution in [1.29, 1.82) is 0 Å². The molecule has 0 unspecified atom stereocenters. The minimum Gasteiger partial charge on any atom is -0.497 e. The number of benzene rings is 1. The number of amides is 1. The monoisotopic (exact) mass is 435 g/mol. The number of likely N-dealkylation sites (tertiary alicyclic amines) is 1. The van der Waals surface area contributed by atoms with E-state index in [4.69, 9.17) is 9.15 Å². The maximum absolute atomic E-state index is 12.5. The van der Waals surface area contributed by atoms with Crippen molar-refractivity contribution in [3.63, 3.8) is 0 Å². The van der Waals surface area contributed by atoms with Gasteiger partial charge in [0, 0.05) is 37.5 Å². The minimum atomic E-state index is -3.22. The lowest BCUT2D eigenvalue weighted by Crippen LogP contribution is -2.47. The quantitative estimate of drug-likeness (QED) is 0.650. The first-order valence-electron chi connectivity index (χ1n) is 10.3. The molecule has 1 amide bonds. The number of rotatable bonds is 9. The van der Waals surface area contributed by atoms with Crippen LogP contribution < -0.4 is 9.46 Å². The number of carbonyl (C=O) groups is 1. The Morgan fingerprint density at radius 1 is 1.27 bits per heavy atom. The maximum atomic E-state index is 12.5. The molecule has 0 saturated carbocycles. The van der Waals surface area contributed by atoms with Crippen LogP contribution >= 0.6 is 0 Å². The van der Waals surface area contributed by atoms with Crippen LogP contribution in [0.25, 0.3) is 11.3 Å². The largest absolute Gasteiger partial charge is 0.497 e. The number of ether oxygens (including phenoxy) is 1. The Balaban J connectivity index is 1.46. The predicted octanol–water partition coefficient (Wildman–Crippen LogP) is 2.60. The first-order chi connectivity index (χ1) is 14.4. The standard InChI is InChI=1S/C21H29N3O5S/c1-3-14-30(26,27)23-17-10-12-24(13-11-17)21(25)9-8-20-22-15-19(29-20)16-4-6-18(28-2)7-5-16/h4-7,15,17,23H,3,8-14H2,1-2H3. The first-order valence-corrected chi connectivity index (χ1v) is 11.9. The molecule has 0 atom stereocenters. The molecule has 0 radical (unpaired) electrons. The highest BCUT2D eigenvalue weighted by atomic mass is 32.2. The highest BCUT2D eigenvalue weighted by Crippen LogP contribution is 2.23. The topological polar surface area (TPSA) is 102 Å². The number of aryl methyl sites for hydroxylation is 1. The van der Waals surface area contributed by atoms with E-state index in [-0.39, 0.29) is 17.7 Å². The first kappa shape index (κ1) is 22.3. The number of aromatic nitrogens is 1. The second-order valence-electron chi connectivity index (χ2n) is 7.44. The molecule has 2 heterocycles. The number of methoxy groups -OCH3 is 1. The van der Waals surface area contributed by atoms with Crippen molar-refractivity contribution in [3.8, 4) is 17.1 Å². The fourth-order valence-corrected chi connectivity index (χ4v) is 4.91. The highest BCUT2D eigenvalue weighted by Gasteiger charge is 2.25. The Hall–Kier alpha value is -2.39. The smallest absolute Gasteiger partial charge is 0.223 e. The van der Waals surface area contributed by atoms with Crippen molar-refractivity contribution in [2.75, 3.05) is 26.0 Å². The van der Waals surface area contributed by atoms with Crippen LogP contribution in [0.4, 0.5) is 0 Å². The van der Waals surface area contributed by atoms with E-state index in [0.717, 1.165) is 11.3 Å². The Morgan fingerprint density at radius 3 is 2.60 bits per heavy atom. The normalized spacial score (nSPS) is 15.3. The zero-order valence-electron chi connectivity index (χ0n) is 17.5. The lowest BCUT2D eigenvalue weighted by Gasteiger charge is -2.32. The van der Waals surface area contributed by atoms with Gasteiger partial charge in [-0.25, -0.2) is 18.1 Å². The number of hydrogen-bond acceptors (Lipinski definition) is 6. The number of hydrogen-bond donors (Lipinski definition) is 1. The number of piperidine rings is 1. The van der Waals surface area contributed by atoms with E-state index < -0.39 is 10.0 Å². The molecule has 1 N–H and O–H groups in total. The number of oxazole rings is 1. The molecule has 1 saturated heterocycles. The summed E-state index contributed by atoms with van der Waals surface area (Å²) >= 11 is 0. The summed E-state index contributed by atoms with van der Waals surface area (Å²) in [5.74, 6) is 2.12. The van der Waals surface area contributed by atoms with Gasteiger partial charge in [0.05, 0.1) is 19.1 Å². The molecule has 8 nitrogen and oxygen atoms in total. The summed E-state index contributed by atoms with van der Waals surface area (Å²) in [5.41, 5.74) is 0.897. The Morgan fingerprint density at radius 2 is 1.97 bits per heavy atom. The van der Waals surface area contributed by atoms with Crippen molar-refractivity contribution in [2.45, 2.75) is 45.1 Å². The van der Waals surface area contributed by atoms with Gasteiger partial charge in [0.15, 0.2) is 11.7 Å². The van der Waals surface area contributed by atoms with Crippen molar-refractivity contribution in [2.24, 2.45) is 0 Å². The van der Waals surface area contributed by atoms with Gasteiger partial charge < -0.3 is 14.1 Å². The molecule has 1 aromatic carbocycles. The summed E-state index contributed by atoms with van der Waals surface area (Å²) in [6.45, 7) is 2.95. The summed E-state index contributed by atoms with van der Waals surface area (Å²) in [6, 6.07) is 7.41. The summed E-state index contributed by atoms with van der Waals surface area (Å²) < 4.78 is 37.5. The Kier molecular flexibility index (Phi) is 7.49. The van der Waals surface area contributed by atoms with Gasteiger partial charge in [-0.1, -0.05) is 6.92 Å². The molecule has 0 aliphatic carbocycles. The molecule has 9 heteroatoms. The predicted molar refractivity (Wildman–Crippen MR) is 114 cm³/mol. The average molecular weight is 436 g/mol. The fourth-order valence-electron chi connectivity index (χ4n) is 3.51. The van der Waals surface area contributed by atoms with E-state index >= 15 is 0 Å². The van der Waals surface area contributed by atoms with Crippen molar-refractivity contribution < 1.29 is 22.4 Å². The van der Waals surface area contributed by atoms with Crippen LogP contribution in [-0.4, -0.2) is 56.2 Å². The van der Waals surface area contributed by atoms with Gasteiger partial charge >= 0.3 is 0 Å². The lowest BCUT2D eigenvalue weighted by atomic mass is 10.1. The van der Waals surface area contributed by atoms with Crippen LogP contribution in [0.1, 0.15) is 38.5 Å². The van der Waals surface area contributed by atoms with Gasteiger partial charge in [-0.15, -0.1) is 0 Å². The second-order valence-corrected chi connectivity index (χ2v) is 9.31. The summed E-state index contributed by atoms with van der Waals surface area (Å²) in [6.07, 6.45) is 4.26. The second kappa shape index (κ2) is 10.1. The zero-order chi connectivity index (χ0) is 21.6. The molecule has 30 heavy (non-hydrogen) atoms. The van der Waals surface area contributed by atoms with Crippen LogP contribution in [0.2, 0.25) is 0 Å². The molecule has 1 aromatic heterocycles. The third kappa shape index (κ3) is 6.06. The van der Waals surface area contributed by atoms with Gasteiger partial charge in [-0.3, -0.25) is 4.79 Å². The van der Waals surface area contributed by atoms with E-state index in [1.165, 1.54) is 0 Å². The number of nitrogens with one attached hydrogen (secondary N) is 1. The number of nitrogens with zero attached hydrogens (tertiary/aromatic N) is 2. The van der Waals surface area contributed by atoms with Gasteiger partial charge in [-0.2, -0.15) is 0 Å². The Labute approximate surface area is 177 Å². The molecular formula is C21H29N3O5S. The summed E-state index contributed by atoms with van der Waals surface area (Å²) in [7, 11) is -1.60. The van der Waals surface area contributed by atoms with E-state index in [9.17, 15) is 13.2 Å². The van der Waals surface area contributed by atoms with Crippen LogP contribution in [-0.2, 0) is 21.2 Å². The molecule has 3 rings (SSSR count). The van der Waals surface area contributed by atoms with Crippen molar-refractivity contribution >= 4 is 15.9 Å². The number of sulfonamides is 1. The van der Waals surface area contributed by atoms with Crippen molar-refractivity contribution in [1.82, 2.24) is 14.6 Å². The van der Waals surface area contributed by atoms with Crippen LogP contribution in [0, 0.1) is 0 Å². The molecular weight excluding hydrogens is 406 g/mol. The molecule has 1 aliphatic heterocycles. The molecule has 1 aliphatic rings. The van der Waals surface area contributed by atoms with E-state index in [1.807, 2.05) is 31.2 Å². The highest BCUT2D eigenvalue weighted by molar-refractivity contribution is 7.89. The van der Waals surface area contributed by atoms with Gasteiger partial charge in [0.25, 0.3) is 0 Å².